The number of aromatic nitrogens is 1. The van der Waals surface area contributed by atoms with Gasteiger partial charge in [0.25, 0.3) is 5.91 Å². The number of nitrogens with one attached hydrogen (secondary N) is 2. The van der Waals surface area contributed by atoms with Crippen LogP contribution in [-0.4, -0.2) is 22.1 Å². The molecule has 1 aliphatic heterocycles. The van der Waals surface area contributed by atoms with E-state index in [0.29, 0.717) is 11.4 Å². The van der Waals surface area contributed by atoms with Crippen LogP contribution >= 0.6 is 11.8 Å². The topological polar surface area (TPSA) is 80.0 Å². The molecule has 2 atom stereocenters. The van der Waals surface area contributed by atoms with Gasteiger partial charge in [-0.15, -0.1) is 11.8 Å². The smallest absolute Gasteiger partial charge is 0.256 e. The first kappa shape index (κ1) is 16.0. The van der Waals surface area contributed by atoms with Crippen molar-refractivity contribution in [3.8, 4) is 0 Å². The number of nitrogens with two attached hydrogens (primary N) is 1. The van der Waals surface area contributed by atoms with E-state index >= 15 is 0 Å². The van der Waals surface area contributed by atoms with E-state index < -0.39 is 0 Å². The molecule has 4 N–H and O–H groups in total. The van der Waals surface area contributed by atoms with E-state index in [1.165, 1.54) is 0 Å². The molecule has 6 heteroatoms. The van der Waals surface area contributed by atoms with Gasteiger partial charge in [-0.2, -0.15) is 0 Å². The van der Waals surface area contributed by atoms with Gasteiger partial charge in [0.15, 0.2) is 0 Å². The Bertz CT molecular complexity index is 694. The summed E-state index contributed by atoms with van der Waals surface area (Å²) in [7, 11) is 0. The van der Waals surface area contributed by atoms with Gasteiger partial charge < -0.3 is 11.1 Å². The zero-order valence-electron chi connectivity index (χ0n) is 13.0. The molecule has 1 amide bonds. The highest BCUT2D eigenvalue weighted by atomic mass is 32.2. The Morgan fingerprint density at radius 2 is 2.26 bits per heavy atom. The highest BCUT2D eigenvalue weighted by Gasteiger charge is 2.32. The van der Waals surface area contributed by atoms with Crippen molar-refractivity contribution in [1.82, 2.24) is 10.3 Å². The number of hydrogen-bond acceptors (Lipinski definition) is 5. The van der Waals surface area contributed by atoms with Crippen LogP contribution in [0.3, 0.4) is 0 Å². The van der Waals surface area contributed by atoms with Gasteiger partial charge in [-0.25, -0.2) is 4.98 Å². The molecule has 1 aromatic carbocycles. The van der Waals surface area contributed by atoms with Gasteiger partial charge in [0.1, 0.15) is 11.3 Å². The van der Waals surface area contributed by atoms with Crippen LogP contribution in [0.1, 0.15) is 29.3 Å². The minimum absolute atomic E-state index is 0.0836. The number of nitrogens with zero attached hydrogens (tertiary/aromatic N) is 1. The van der Waals surface area contributed by atoms with E-state index in [1.807, 2.05) is 36.4 Å². The van der Waals surface area contributed by atoms with Crippen LogP contribution in [0.5, 0.6) is 0 Å². The molecule has 2 unspecified atom stereocenters. The predicted molar refractivity (Wildman–Crippen MR) is 94.2 cm³/mol. The lowest BCUT2D eigenvalue weighted by Gasteiger charge is -2.38. The molecule has 1 saturated heterocycles. The third-order valence-electron chi connectivity index (χ3n) is 4.03. The van der Waals surface area contributed by atoms with Crippen molar-refractivity contribution in [3.05, 3.63) is 59.8 Å². The zero-order chi connectivity index (χ0) is 16.3. The van der Waals surface area contributed by atoms with Crippen LogP contribution in [-0.2, 0) is 5.54 Å². The van der Waals surface area contributed by atoms with Gasteiger partial charge in [0, 0.05) is 17.3 Å². The normalized spacial score (nSPS) is 24.2. The highest BCUT2D eigenvalue weighted by molar-refractivity contribution is 7.99. The number of anilines is 1. The third kappa shape index (κ3) is 3.72. The number of pyridine rings is 1. The molecule has 0 radical (unpaired) electrons. The number of rotatable bonds is 3. The minimum atomic E-state index is -0.216. The SMILES string of the molecule is CC1(c2cccc(C(=O)Nc3ccccn3)c2)CCSC(N)N1. The average molecular weight is 328 g/mol. The molecule has 2 aromatic rings. The molecule has 0 spiro atoms. The minimum Gasteiger partial charge on any atom is -0.307 e. The summed E-state index contributed by atoms with van der Waals surface area (Å²) in [6.45, 7) is 2.13. The molecule has 1 aliphatic rings. The fourth-order valence-corrected chi connectivity index (χ4v) is 3.80. The van der Waals surface area contributed by atoms with Crippen molar-refractivity contribution in [2.24, 2.45) is 5.73 Å². The fraction of sp³-hybridized carbons (Fsp3) is 0.294. The second kappa shape index (κ2) is 6.70. The molecule has 0 bridgehead atoms. The highest BCUT2D eigenvalue weighted by Crippen LogP contribution is 2.32. The molecule has 23 heavy (non-hydrogen) atoms. The Labute approximate surface area is 140 Å². The summed E-state index contributed by atoms with van der Waals surface area (Å²) in [5.74, 6) is 1.38. The summed E-state index contributed by atoms with van der Waals surface area (Å²) >= 11 is 1.71. The number of amides is 1. The number of hydrogen-bond donors (Lipinski definition) is 3. The number of carbonyl (C=O) groups excluding carboxylic acids is 1. The number of benzene rings is 1. The van der Waals surface area contributed by atoms with Crippen LogP contribution in [0, 0.1) is 0 Å². The Morgan fingerprint density at radius 1 is 1.39 bits per heavy atom. The number of thioether (sulfide) groups is 1. The Hall–Kier alpha value is -1.89. The summed E-state index contributed by atoms with van der Waals surface area (Å²) in [6.07, 6.45) is 2.62. The molecule has 1 fully saturated rings. The summed E-state index contributed by atoms with van der Waals surface area (Å²) in [6, 6.07) is 13.1. The molecule has 0 aliphatic carbocycles. The summed E-state index contributed by atoms with van der Waals surface area (Å²) in [5, 5.41) is 6.23. The van der Waals surface area contributed by atoms with Crippen molar-refractivity contribution >= 4 is 23.5 Å². The van der Waals surface area contributed by atoms with Gasteiger partial charge in [0.05, 0.1) is 0 Å². The molecule has 0 saturated carbocycles. The van der Waals surface area contributed by atoms with Crippen LogP contribution in [0.25, 0.3) is 0 Å². The zero-order valence-corrected chi connectivity index (χ0v) is 13.8. The second-order valence-electron chi connectivity index (χ2n) is 5.77. The van der Waals surface area contributed by atoms with Gasteiger partial charge in [-0.05, 0) is 48.9 Å². The van der Waals surface area contributed by atoms with Crippen molar-refractivity contribution in [3.63, 3.8) is 0 Å². The first-order valence-electron chi connectivity index (χ1n) is 7.55. The van der Waals surface area contributed by atoms with Crippen LogP contribution in [0.15, 0.2) is 48.7 Å². The number of carbonyl (C=O) groups is 1. The quantitative estimate of drug-likeness (QED) is 0.807. The first-order chi connectivity index (χ1) is 11.1. The van der Waals surface area contributed by atoms with Crippen molar-refractivity contribution in [1.29, 1.82) is 0 Å². The van der Waals surface area contributed by atoms with E-state index in [1.54, 1.807) is 24.0 Å². The second-order valence-corrected chi connectivity index (χ2v) is 7.02. The molecule has 2 heterocycles. The predicted octanol–water partition coefficient (Wildman–Crippen LogP) is 2.52. The van der Waals surface area contributed by atoms with Crippen LogP contribution in [0.2, 0.25) is 0 Å². The Balaban J connectivity index is 1.81. The van der Waals surface area contributed by atoms with Crippen molar-refractivity contribution < 1.29 is 4.79 Å². The van der Waals surface area contributed by atoms with E-state index in [9.17, 15) is 4.79 Å². The largest absolute Gasteiger partial charge is 0.307 e. The maximum absolute atomic E-state index is 12.4. The Morgan fingerprint density at radius 3 is 3.00 bits per heavy atom. The summed E-state index contributed by atoms with van der Waals surface area (Å²) < 4.78 is 0. The van der Waals surface area contributed by atoms with E-state index in [-0.39, 0.29) is 16.9 Å². The molecule has 5 nitrogen and oxygen atoms in total. The summed E-state index contributed by atoms with van der Waals surface area (Å²) in [4.78, 5) is 16.5. The average Bonchev–Trinajstić information content (AvgIpc) is 2.56. The van der Waals surface area contributed by atoms with Crippen LogP contribution < -0.4 is 16.4 Å². The fourth-order valence-electron chi connectivity index (χ4n) is 2.67. The van der Waals surface area contributed by atoms with Gasteiger partial charge in [-0.3, -0.25) is 10.1 Å². The standard InChI is InChI=1S/C17H20N4OS/c1-17(8-10-23-16(18)21-17)13-6-4-5-12(11-13)15(22)20-14-7-2-3-9-19-14/h2-7,9,11,16,21H,8,10,18H2,1H3,(H,19,20,22). The molecular weight excluding hydrogens is 308 g/mol. The maximum Gasteiger partial charge on any atom is 0.256 e. The van der Waals surface area contributed by atoms with Gasteiger partial charge >= 0.3 is 0 Å². The molecule has 3 rings (SSSR count). The van der Waals surface area contributed by atoms with Crippen molar-refractivity contribution in [2.45, 2.75) is 24.4 Å². The van der Waals surface area contributed by atoms with Crippen LogP contribution in [0.4, 0.5) is 5.82 Å². The van der Waals surface area contributed by atoms with E-state index in [4.69, 9.17) is 5.73 Å². The molecule has 120 valence electrons. The lowest BCUT2D eigenvalue weighted by Crippen LogP contribution is -2.52. The van der Waals surface area contributed by atoms with E-state index in [0.717, 1.165) is 17.7 Å². The first-order valence-corrected chi connectivity index (χ1v) is 8.59. The Kier molecular flexibility index (Phi) is 4.66. The molecule has 1 aromatic heterocycles. The third-order valence-corrected chi connectivity index (χ3v) is 4.95. The van der Waals surface area contributed by atoms with Gasteiger partial charge in [-0.1, -0.05) is 18.2 Å². The monoisotopic (exact) mass is 328 g/mol. The van der Waals surface area contributed by atoms with E-state index in [2.05, 4.69) is 22.5 Å². The lowest BCUT2D eigenvalue weighted by molar-refractivity contribution is 0.102. The summed E-state index contributed by atoms with van der Waals surface area (Å²) in [5.41, 5.74) is 7.40. The molecular formula is C17H20N4OS. The van der Waals surface area contributed by atoms with Crippen molar-refractivity contribution in [2.75, 3.05) is 11.1 Å². The van der Waals surface area contributed by atoms with Gasteiger partial charge in [0.2, 0.25) is 0 Å². The maximum atomic E-state index is 12.4. The lowest BCUT2D eigenvalue weighted by atomic mass is 9.88.